The first-order valence-corrected chi connectivity index (χ1v) is 8.75. The molecule has 1 aliphatic rings. The van der Waals surface area contributed by atoms with Crippen LogP contribution in [0.1, 0.15) is 52.7 Å². The van der Waals surface area contributed by atoms with Crippen molar-refractivity contribution >= 4 is 18.2 Å². The van der Waals surface area contributed by atoms with Gasteiger partial charge >= 0.3 is 18.2 Å². The summed E-state index contributed by atoms with van der Waals surface area (Å²) in [7, 11) is 1.22. The molecule has 0 radical (unpaired) electrons. The van der Waals surface area contributed by atoms with Crippen LogP contribution >= 0.6 is 0 Å². The zero-order chi connectivity index (χ0) is 20.6. The topological polar surface area (TPSA) is 82.1 Å². The van der Waals surface area contributed by atoms with Gasteiger partial charge in [0.15, 0.2) is 5.54 Å². The summed E-state index contributed by atoms with van der Waals surface area (Å²) in [5.74, 6) is -0.724. The van der Waals surface area contributed by atoms with Crippen molar-refractivity contribution in [3.05, 3.63) is 35.4 Å². The van der Waals surface area contributed by atoms with E-state index in [2.05, 4.69) is 0 Å². The number of carbonyl (C=O) groups excluding carboxylic acids is 3. The minimum absolute atomic E-state index is 0.133. The highest BCUT2D eigenvalue weighted by Crippen LogP contribution is 2.46. The van der Waals surface area contributed by atoms with E-state index in [9.17, 15) is 14.4 Å². The SMILES string of the molecule is COC(=O)C1(N(C(=O)OC(C)(C)C)C(=O)OC(C)(C)C)Cc2ccccc21. The smallest absolute Gasteiger partial charge is 0.421 e. The number of hydrogen-bond acceptors (Lipinski definition) is 6. The molecule has 0 aromatic heterocycles. The average molecular weight is 377 g/mol. The molecule has 0 saturated heterocycles. The number of imide groups is 1. The average Bonchev–Trinajstić information content (AvgIpc) is 2.47. The van der Waals surface area contributed by atoms with Gasteiger partial charge in [-0.1, -0.05) is 24.3 Å². The van der Waals surface area contributed by atoms with Crippen LogP contribution in [0.4, 0.5) is 9.59 Å². The zero-order valence-corrected chi connectivity index (χ0v) is 16.9. The van der Waals surface area contributed by atoms with Crippen LogP contribution in [-0.4, -0.2) is 41.4 Å². The largest absolute Gasteiger partial charge is 0.467 e. The molecule has 0 saturated carbocycles. The lowest BCUT2D eigenvalue weighted by molar-refractivity contribution is -0.157. The third kappa shape index (κ3) is 4.07. The number of fused-ring (bicyclic) bond motifs is 1. The van der Waals surface area contributed by atoms with Crippen LogP contribution < -0.4 is 0 Å². The monoisotopic (exact) mass is 377 g/mol. The molecule has 0 aliphatic heterocycles. The van der Waals surface area contributed by atoms with Gasteiger partial charge in [0.25, 0.3) is 0 Å². The van der Waals surface area contributed by atoms with E-state index in [1.807, 2.05) is 12.1 Å². The van der Waals surface area contributed by atoms with E-state index < -0.39 is 34.9 Å². The molecule has 1 aliphatic carbocycles. The summed E-state index contributed by atoms with van der Waals surface area (Å²) >= 11 is 0. The molecule has 148 valence electrons. The van der Waals surface area contributed by atoms with Gasteiger partial charge in [-0.3, -0.25) is 0 Å². The summed E-state index contributed by atoms with van der Waals surface area (Å²) in [6, 6.07) is 7.08. The van der Waals surface area contributed by atoms with Gasteiger partial charge in [-0.05, 0) is 52.7 Å². The molecule has 0 fully saturated rings. The first-order valence-electron chi connectivity index (χ1n) is 8.75. The van der Waals surface area contributed by atoms with Crippen LogP contribution in [0.3, 0.4) is 0 Å². The van der Waals surface area contributed by atoms with Crippen molar-refractivity contribution in [1.29, 1.82) is 0 Å². The first kappa shape index (κ1) is 20.7. The number of nitrogens with zero attached hydrogens (tertiary/aromatic N) is 1. The Kier molecular flexibility index (Phi) is 5.27. The van der Waals surface area contributed by atoms with Gasteiger partial charge in [-0.2, -0.15) is 4.90 Å². The molecule has 1 unspecified atom stereocenters. The van der Waals surface area contributed by atoms with Gasteiger partial charge in [0.2, 0.25) is 0 Å². The molecule has 0 heterocycles. The molecule has 7 heteroatoms. The van der Waals surface area contributed by atoms with Crippen LogP contribution in [0.2, 0.25) is 0 Å². The Morgan fingerprint density at radius 2 is 1.41 bits per heavy atom. The number of rotatable bonds is 2. The Labute approximate surface area is 159 Å². The molecule has 0 bridgehead atoms. The maximum Gasteiger partial charge on any atom is 0.421 e. The van der Waals surface area contributed by atoms with E-state index >= 15 is 0 Å². The predicted octanol–water partition coefficient (Wildman–Crippen LogP) is 3.78. The van der Waals surface area contributed by atoms with Crippen molar-refractivity contribution in [2.24, 2.45) is 0 Å². The molecule has 0 N–H and O–H groups in total. The molecule has 2 amide bonds. The van der Waals surface area contributed by atoms with Gasteiger partial charge in [0.1, 0.15) is 11.2 Å². The van der Waals surface area contributed by atoms with Gasteiger partial charge < -0.3 is 14.2 Å². The summed E-state index contributed by atoms with van der Waals surface area (Å²) in [5.41, 5.74) is -1.97. The van der Waals surface area contributed by atoms with Gasteiger partial charge in [0, 0.05) is 6.42 Å². The quantitative estimate of drug-likeness (QED) is 0.576. The van der Waals surface area contributed by atoms with E-state index in [1.165, 1.54) is 7.11 Å². The molecule has 27 heavy (non-hydrogen) atoms. The fourth-order valence-electron chi connectivity index (χ4n) is 2.99. The summed E-state index contributed by atoms with van der Waals surface area (Å²) in [5, 5.41) is 0. The number of benzene rings is 1. The number of ether oxygens (including phenoxy) is 3. The highest BCUT2D eigenvalue weighted by Gasteiger charge is 2.60. The predicted molar refractivity (Wildman–Crippen MR) is 98.1 cm³/mol. The lowest BCUT2D eigenvalue weighted by Gasteiger charge is -2.47. The maximum atomic E-state index is 13.0. The standard InChI is InChI=1S/C20H27NO6/c1-18(2,3)26-16(23)21(17(24)27-19(4,5)6)20(15(22)25-7)12-13-10-8-9-11-14(13)20/h8-11H,12H2,1-7H3. The lowest BCUT2D eigenvalue weighted by atomic mass is 9.69. The number of hydrogen-bond donors (Lipinski definition) is 0. The third-order valence-corrected chi connectivity index (χ3v) is 3.97. The van der Waals surface area contributed by atoms with Crippen LogP contribution in [0, 0.1) is 0 Å². The van der Waals surface area contributed by atoms with Crippen molar-refractivity contribution in [3.8, 4) is 0 Å². The minimum Gasteiger partial charge on any atom is -0.467 e. The number of amides is 2. The molecule has 1 atom stereocenters. The summed E-state index contributed by atoms with van der Waals surface area (Å²) < 4.78 is 15.8. The fourth-order valence-corrected chi connectivity index (χ4v) is 2.99. The van der Waals surface area contributed by atoms with Crippen molar-refractivity contribution < 1.29 is 28.6 Å². The first-order chi connectivity index (χ1) is 12.3. The molecular formula is C20H27NO6. The molecule has 7 nitrogen and oxygen atoms in total. The van der Waals surface area contributed by atoms with E-state index in [0.29, 0.717) is 5.56 Å². The summed E-state index contributed by atoms with van der Waals surface area (Å²) in [4.78, 5) is 39.4. The third-order valence-electron chi connectivity index (χ3n) is 3.97. The normalized spacial score (nSPS) is 18.6. The maximum absolute atomic E-state index is 13.0. The second-order valence-electron chi connectivity index (χ2n) is 8.48. The van der Waals surface area contributed by atoms with Crippen molar-refractivity contribution in [2.75, 3.05) is 7.11 Å². The van der Waals surface area contributed by atoms with E-state index in [1.54, 1.807) is 53.7 Å². The second-order valence-corrected chi connectivity index (χ2v) is 8.48. The molecule has 0 spiro atoms. The van der Waals surface area contributed by atoms with Gasteiger partial charge in [0.05, 0.1) is 7.11 Å². The van der Waals surface area contributed by atoms with Crippen molar-refractivity contribution in [1.82, 2.24) is 4.90 Å². The summed E-state index contributed by atoms with van der Waals surface area (Å²) in [6.45, 7) is 10.1. The van der Waals surface area contributed by atoms with Crippen LogP contribution in [-0.2, 0) is 31.0 Å². The van der Waals surface area contributed by atoms with Crippen molar-refractivity contribution in [3.63, 3.8) is 0 Å². The highest BCUT2D eigenvalue weighted by molar-refractivity contribution is 5.99. The Hall–Kier alpha value is -2.57. The highest BCUT2D eigenvalue weighted by atomic mass is 16.6. The van der Waals surface area contributed by atoms with E-state index in [4.69, 9.17) is 14.2 Å². The zero-order valence-electron chi connectivity index (χ0n) is 16.9. The number of esters is 1. The molecular weight excluding hydrogens is 350 g/mol. The van der Waals surface area contributed by atoms with Gasteiger partial charge in [-0.25, -0.2) is 14.4 Å². The Morgan fingerprint density at radius 3 is 1.81 bits per heavy atom. The Balaban J connectivity index is 2.58. The fraction of sp³-hybridized carbons (Fsp3) is 0.550. The lowest BCUT2D eigenvalue weighted by Crippen LogP contribution is -2.64. The molecule has 2 rings (SSSR count). The van der Waals surface area contributed by atoms with Crippen molar-refractivity contribution in [2.45, 2.75) is 64.7 Å². The van der Waals surface area contributed by atoms with Gasteiger partial charge in [-0.15, -0.1) is 0 Å². The number of carbonyl (C=O) groups is 3. The Bertz CT molecular complexity index is 730. The van der Waals surface area contributed by atoms with E-state index in [0.717, 1.165) is 10.5 Å². The van der Waals surface area contributed by atoms with Crippen LogP contribution in [0.5, 0.6) is 0 Å². The Morgan fingerprint density at radius 1 is 0.926 bits per heavy atom. The second kappa shape index (κ2) is 6.87. The minimum atomic E-state index is -1.62. The van der Waals surface area contributed by atoms with Crippen LogP contribution in [0.15, 0.2) is 24.3 Å². The number of methoxy groups -OCH3 is 1. The molecule has 1 aromatic carbocycles. The molecule has 1 aromatic rings. The van der Waals surface area contributed by atoms with Crippen LogP contribution in [0.25, 0.3) is 0 Å². The summed E-state index contributed by atoms with van der Waals surface area (Å²) in [6.07, 6.45) is -1.79. The van der Waals surface area contributed by atoms with E-state index in [-0.39, 0.29) is 6.42 Å².